The van der Waals surface area contributed by atoms with E-state index in [1.807, 2.05) is 0 Å². The van der Waals surface area contributed by atoms with Gasteiger partial charge < -0.3 is 49.1 Å². The van der Waals surface area contributed by atoms with E-state index in [2.05, 4.69) is 33.6 Å². The predicted octanol–water partition coefficient (Wildman–Crippen LogP) is -5.30. The van der Waals surface area contributed by atoms with Gasteiger partial charge in [0.15, 0.2) is 5.96 Å². The van der Waals surface area contributed by atoms with Crippen molar-refractivity contribution in [2.24, 2.45) is 27.9 Å². The molecule has 0 aliphatic rings. The predicted molar refractivity (Wildman–Crippen MR) is 116 cm³/mol. The molecule has 0 radical (unpaired) electrons. The smallest absolute Gasteiger partial charge is 0.326 e. The van der Waals surface area contributed by atoms with Crippen LogP contribution in [0.25, 0.3) is 0 Å². The topological polar surface area (TPSA) is 278 Å². The average molecular weight is 479 g/mol. The fourth-order valence-corrected chi connectivity index (χ4v) is 2.53. The van der Waals surface area contributed by atoms with Crippen molar-refractivity contribution in [1.29, 1.82) is 0 Å². The van der Waals surface area contributed by atoms with E-state index in [4.69, 9.17) is 28.0 Å². The highest BCUT2D eigenvalue weighted by Crippen LogP contribution is 2.02. The number of nitrogens with one attached hydrogen (secondary N) is 3. The van der Waals surface area contributed by atoms with Crippen molar-refractivity contribution < 1.29 is 34.2 Å². The second kappa shape index (κ2) is 14.8. The van der Waals surface area contributed by atoms with Gasteiger partial charge in [-0.15, -0.1) is 0 Å². The molecule has 16 heteroatoms. The number of nitrogens with two attached hydrogens (primary N) is 4. The van der Waals surface area contributed by atoms with E-state index in [1.54, 1.807) is 0 Å². The summed E-state index contributed by atoms with van der Waals surface area (Å²) in [6.45, 7) is -0.558. The normalized spacial score (nSPS) is 14.2. The number of thiol groups is 1. The Labute approximate surface area is 189 Å². The lowest BCUT2D eigenvalue weighted by Gasteiger charge is -2.23. The van der Waals surface area contributed by atoms with Crippen molar-refractivity contribution in [2.75, 3.05) is 18.9 Å². The molecule has 4 atom stereocenters. The number of aliphatic imine (C=N–C) groups is 1. The number of primary amides is 1. The standard InChI is InChI=1S/C16H30N8O7S/c17-7(5-25)12(27)23-9(4-11(18)26)13(28)24-10(6-32)14(29)22-8(15(30)31)2-1-3-21-16(19)20/h7-10,25,32H,1-6,17H2,(H2,18,26)(H,22,29)(H,23,27)(H,24,28)(H,30,31)(H4,19,20,21). The zero-order valence-corrected chi connectivity index (χ0v) is 18.1. The van der Waals surface area contributed by atoms with Crippen LogP contribution in [0.5, 0.6) is 0 Å². The number of aliphatic carboxylic acids is 1. The Kier molecular flexibility index (Phi) is 13.4. The van der Waals surface area contributed by atoms with E-state index in [9.17, 15) is 29.1 Å². The first kappa shape index (κ1) is 28.9. The maximum absolute atomic E-state index is 12.5. The van der Waals surface area contributed by atoms with Crippen LogP contribution in [0.15, 0.2) is 4.99 Å². The lowest BCUT2D eigenvalue weighted by molar-refractivity contribution is -0.142. The number of nitrogens with zero attached hydrogens (tertiary/aromatic N) is 1. The number of carbonyl (C=O) groups excluding carboxylic acids is 4. The number of amides is 4. The van der Waals surface area contributed by atoms with Crippen molar-refractivity contribution in [3.05, 3.63) is 0 Å². The first-order valence-corrected chi connectivity index (χ1v) is 10.0. The maximum atomic E-state index is 12.5. The molecule has 0 aliphatic heterocycles. The Bertz CT molecular complexity index is 717. The Morgan fingerprint density at radius 1 is 0.906 bits per heavy atom. The van der Waals surface area contributed by atoms with Gasteiger partial charge in [-0.1, -0.05) is 0 Å². The molecule has 13 N–H and O–H groups in total. The number of rotatable bonds is 15. The fraction of sp³-hybridized carbons (Fsp3) is 0.625. The van der Waals surface area contributed by atoms with Crippen molar-refractivity contribution >= 4 is 48.2 Å². The number of aliphatic hydroxyl groups is 1. The molecular formula is C16H30N8O7S. The van der Waals surface area contributed by atoms with Gasteiger partial charge in [-0.2, -0.15) is 12.6 Å². The SMILES string of the molecule is NC(=O)CC(NC(=O)C(N)CO)C(=O)NC(CS)C(=O)NC(CCCN=C(N)N)C(=O)O. The molecule has 4 amide bonds. The van der Waals surface area contributed by atoms with E-state index in [-0.39, 0.29) is 31.1 Å². The minimum absolute atomic E-state index is 0.00446. The van der Waals surface area contributed by atoms with Crippen molar-refractivity contribution in [1.82, 2.24) is 16.0 Å². The van der Waals surface area contributed by atoms with Crippen molar-refractivity contribution in [2.45, 2.75) is 43.4 Å². The molecule has 0 aromatic heterocycles. The van der Waals surface area contributed by atoms with Gasteiger partial charge in [-0.05, 0) is 12.8 Å². The minimum Gasteiger partial charge on any atom is -0.480 e. The summed E-state index contributed by atoms with van der Waals surface area (Å²) in [5, 5.41) is 24.9. The van der Waals surface area contributed by atoms with Gasteiger partial charge in [-0.25, -0.2) is 4.79 Å². The third-order valence-corrected chi connectivity index (χ3v) is 4.31. The molecule has 15 nitrogen and oxygen atoms in total. The third-order valence-electron chi connectivity index (χ3n) is 3.95. The molecular weight excluding hydrogens is 448 g/mol. The van der Waals surface area contributed by atoms with E-state index in [1.165, 1.54) is 0 Å². The lowest BCUT2D eigenvalue weighted by atomic mass is 10.1. The molecule has 0 aliphatic carbocycles. The largest absolute Gasteiger partial charge is 0.480 e. The van der Waals surface area contributed by atoms with Crippen LogP contribution in [0.3, 0.4) is 0 Å². The van der Waals surface area contributed by atoms with Crippen molar-refractivity contribution in [3.8, 4) is 0 Å². The number of carboxylic acids is 1. The molecule has 0 bridgehead atoms. The molecule has 0 heterocycles. The Balaban J connectivity index is 5.15. The highest BCUT2D eigenvalue weighted by Gasteiger charge is 2.30. The van der Waals surface area contributed by atoms with Gasteiger partial charge in [0.05, 0.1) is 13.0 Å². The Morgan fingerprint density at radius 2 is 1.44 bits per heavy atom. The molecule has 182 valence electrons. The van der Waals surface area contributed by atoms with E-state index in [0.717, 1.165) is 0 Å². The van der Waals surface area contributed by atoms with Gasteiger partial charge in [0.1, 0.15) is 24.2 Å². The second-order valence-electron chi connectivity index (χ2n) is 6.61. The first-order chi connectivity index (χ1) is 14.9. The molecule has 0 rings (SSSR count). The average Bonchev–Trinajstić information content (AvgIpc) is 2.71. The molecule has 0 fully saturated rings. The number of carbonyl (C=O) groups is 5. The third kappa shape index (κ3) is 11.3. The molecule has 0 aromatic rings. The summed E-state index contributed by atoms with van der Waals surface area (Å²) < 4.78 is 0. The van der Waals surface area contributed by atoms with Crippen molar-refractivity contribution in [3.63, 3.8) is 0 Å². The molecule has 32 heavy (non-hydrogen) atoms. The highest BCUT2D eigenvalue weighted by atomic mass is 32.1. The van der Waals surface area contributed by atoms with Gasteiger partial charge in [0.25, 0.3) is 0 Å². The molecule has 0 spiro atoms. The number of hydrogen-bond donors (Lipinski definition) is 10. The van der Waals surface area contributed by atoms with Crippen LogP contribution in [0, 0.1) is 0 Å². The summed E-state index contributed by atoms with van der Waals surface area (Å²) in [6, 6.07) is -5.43. The second-order valence-corrected chi connectivity index (χ2v) is 6.98. The number of guanidine groups is 1. The van der Waals surface area contributed by atoms with Crippen LogP contribution in [-0.2, 0) is 24.0 Å². The molecule has 0 saturated heterocycles. The molecule has 4 unspecified atom stereocenters. The summed E-state index contributed by atoms with van der Waals surface area (Å²) in [5.74, 6) is -5.38. The van der Waals surface area contributed by atoms with E-state index < -0.39 is 66.8 Å². The summed E-state index contributed by atoms with van der Waals surface area (Å²) in [4.78, 5) is 63.1. The number of hydrogen-bond acceptors (Lipinski definition) is 9. The van der Waals surface area contributed by atoms with Gasteiger partial charge >= 0.3 is 5.97 Å². The van der Waals surface area contributed by atoms with Crippen LogP contribution in [0.2, 0.25) is 0 Å². The quantitative estimate of drug-likeness (QED) is 0.0461. The molecule has 0 aromatic carbocycles. The van der Waals surface area contributed by atoms with Gasteiger partial charge in [-0.3, -0.25) is 24.2 Å². The minimum atomic E-state index is -1.48. The summed E-state index contributed by atoms with van der Waals surface area (Å²) in [6.07, 6.45) is -0.353. The van der Waals surface area contributed by atoms with Gasteiger partial charge in [0.2, 0.25) is 23.6 Å². The zero-order chi connectivity index (χ0) is 24.8. The molecule has 0 saturated carbocycles. The zero-order valence-electron chi connectivity index (χ0n) is 17.2. The number of aliphatic hydroxyl groups excluding tert-OH is 1. The van der Waals surface area contributed by atoms with Crippen LogP contribution in [0.4, 0.5) is 0 Å². The van der Waals surface area contributed by atoms with E-state index >= 15 is 0 Å². The lowest BCUT2D eigenvalue weighted by Crippen LogP contribution is -2.58. The van der Waals surface area contributed by atoms with Crippen LogP contribution < -0.4 is 38.9 Å². The Hall–Kier alpha value is -3.11. The number of carboxylic acid groups (broad SMARTS) is 1. The van der Waals surface area contributed by atoms with Crippen LogP contribution in [0.1, 0.15) is 19.3 Å². The maximum Gasteiger partial charge on any atom is 0.326 e. The highest BCUT2D eigenvalue weighted by molar-refractivity contribution is 7.80. The fourth-order valence-electron chi connectivity index (χ4n) is 2.27. The summed E-state index contributed by atoms with van der Waals surface area (Å²) in [7, 11) is 0. The van der Waals surface area contributed by atoms with Crippen LogP contribution in [-0.4, -0.2) is 88.8 Å². The van der Waals surface area contributed by atoms with E-state index in [0.29, 0.717) is 0 Å². The monoisotopic (exact) mass is 478 g/mol. The van der Waals surface area contributed by atoms with Gasteiger partial charge in [0, 0.05) is 12.3 Å². The summed E-state index contributed by atoms with van der Waals surface area (Å²) >= 11 is 3.97. The first-order valence-electron chi connectivity index (χ1n) is 9.37. The summed E-state index contributed by atoms with van der Waals surface area (Å²) in [5.41, 5.74) is 20.8. The van der Waals surface area contributed by atoms with Crippen LogP contribution >= 0.6 is 12.6 Å². The Morgan fingerprint density at radius 3 is 1.91 bits per heavy atom.